The molecule has 1 aliphatic rings. The second-order valence-corrected chi connectivity index (χ2v) is 4.15. The van der Waals surface area contributed by atoms with Gasteiger partial charge >= 0.3 is 0 Å². The average Bonchev–Trinajstić information content (AvgIpc) is 2.25. The van der Waals surface area contributed by atoms with Crippen LogP contribution in [-0.2, 0) is 4.74 Å². The molecule has 0 amide bonds. The quantitative estimate of drug-likeness (QED) is 0.394. The Hall–Kier alpha value is -0.610. The summed E-state index contributed by atoms with van der Waals surface area (Å²) < 4.78 is 5.31. The van der Waals surface area contributed by atoms with E-state index in [4.69, 9.17) is 15.9 Å². The normalized spacial score (nSPS) is 22.9. The molecule has 1 saturated heterocycles. The SMILES string of the molecule is CCOCCCN1CCCC(C(=N)N)C1. The lowest BCUT2D eigenvalue weighted by atomic mass is 9.97. The fourth-order valence-electron chi connectivity index (χ4n) is 2.05. The number of nitrogens with two attached hydrogens (primary N) is 1. The summed E-state index contributed by atoms with van der Waals surface area (Å²) in [5.74, 6) is 0.635. The lowest BCUT2D eigenvalue weighted by molar-refractivity contribution is 0.123. The summed E-state index contributed by atoms with van der Waals surface area (Å²) in [5, 5.41) is 7.45. The number of amidine groups is 1. The van der Waals surface area contributed by atoms with Crippen molar-refractivity contribution in [2.24, 2.45) is 11.7 Å². The van der Waals surface area contributed by atoms with Crippen molar-refractivity contribution in [3.63, 3.8) is 0 Å². The lowest BCUT2D eigenvalue weighted by Crippen LogP contribution is -2.41. The van der Waals surface area contributed by atoms with E-state index < -0.39 is 0 Å². The first-order chi connectivity index (χ1) is 7.24. The molecule has 0 aromatic carbocycles. The van der Waals surface area contributed by atoms with Gasteiger partial charge in [0.05, 0.1) is 5.84 Å². The van der Waals surface area contributed by atoms with E-state index in [-0.39, 0.29) is 5.92 Å². The lowest BCUT2D eigenvalue weighted by Gasteiger charge is -2.31. The Bertz CT molecular complexity index is 196. The fraction of sp³-hybridized carbons (Fsp3) is 0.909. The van der Waals surface area contributed by atoms with Crippen LogP contribution in [0.25, 0.3) is 0 Å². The highest BCUT2D eigenvalue weighted by molar-refractivity contribution is 5.79. The molecule has 1 fully saturated rings. The van der Waals surface area contributed by atoms with Crippen LogP contribution in [0.3, 0.4) is 0 Å². The van der Waals surface area contributed by atoms with Crippen LogP contribution in [0.2, 0.25) is 0 Å². The number of rotatable bonds is 6. The molecule has 15 heavy (non-hydrogen) atoms. The van der Waals surface area contributed by atoms with Crippen molar-refractivity contribution in [1.29, 1.82) is 5.41 Å². The molecule has 0 radical (unpaired) electrons. The van der Waals surface area contributed by atoms with Crippen LogP contribution in [0.15, 0.2) is 0 Å². The summed E-state index contributed by atoms with van der Waals surface area (Å²) in [6, 6.07) is 0. The standard InChI is InChI=1S/C11H23N3O/c1-2-15-8-4-7-14-6-3-5-10(9-14)11(12)13/h10H,2-9H2,1H3,(H3,12,13). The molecule has 0 aromatic heterocycles. The van der Waals surface area contributed by atoms with Gasteiger partial charge in [-0.05, 0) is 32.7 Å². The minimum atomic E-state index is 0.283. The molecule has 4 heteroatoms. The first-order valence-electron chi connectivity index (χ1n) is 5.88. The Kier molecular flexibility index (Phi) is 5.65. The summed E-state index contributed by atoms with van der Waals surface area (Å²) in [4.78, 5) is 2.40. The van der Waals surface area contributed by atoms with Gasteiger partial charge in [-0.1, -0.05) is 0 Å². The molecule has 4 nitrogen and oxygen atoms in total. The van der Waals surface area contributed by atoms with Crippen LogP contribution in [0.4, 0.5) is 0 Å². The van der Waals surface area contributed by atoms with Crippen LogP contribution in [0.5, 0.6) is 0 Å². The van der Waals surface area contributed by atoms with Gasteiger partial charge in [0, 0.05) is 32.2 Å². The highest BCUT2D eigenvalue weighted by Crippen LogP contribution is 2.16. The molecule has 88 valence electrons. The highest BCUT2D eigenvalue weighted by Gasteiger charge is 2.21. The van der Waals surface area contributed by atoms with Crippen molar-refractivity contribution in [1.82, 2.24) is 4.90 Å². The third-order valence-corrected chi connectivity index (χ3v) is 2.91. The molecular weight excluding hydrogens is 190 g/mol. The van der Waals surface area contributed by atoms with Crippen LogP contribution < -0.4 is 5.73 Å². The third kappa shape index (κ3) is 4.62. The first-order valence-corrected chi connectivity index (χ1v) is 5.88. The van der Waals surface area contributed by atoms with Crippen LogP contribution in [0, 0.1) is 11.3 Å². The Morgan fingerprint density at radius 2 is 2.40 bits per heavy atom. The number of nitrogens with one attached hydrogen (secondary N) is 1. The maximum absolute atomic E-state index is 7.45. The summed E-state index contributed by atoms with van der Waals surface area (Å²) in [5.41, 5.74) is 5.54. The van der Waals surface area contributed by atoms with Crippen molar-refractivity contribution in [3.8, 4) is 0 Å². The van der Waals surface area contributed by atoms with Gasteiger partial charge < -0.3 is 15.4 Å². The highest BCUT2D eigenvalue weighted by atomic mass is 16.5. The fourth-order valence-corrected chi connectivity index (χ4v) is 2.05. The van der Waals surface area contributed by atoms with E-state index in [1.807, 2.05) is 6.92 Å². The second-order valence-electron chi connectivity index (χ2n) is 4.15. The van der Waals surface area contributed by atoms with E-state index in [9.17, 15) is 0 Å². The largest absolute Gasteiger partial charge is 0.387 e. The van der Waals surface area contributed by atoms with E-state index in [1.54, 1.807) is 0 Å². The third-order valence-electron chi connectivity index (χ3n) is 2.91. The molecular formula is C11H23N3O. The molecule has 1 rings (SSSR count). The molecule has 0 bridgehead atoms. The molecule has 1 atom stereocenters. The zero-order valence-corrected chi connectivity index (χ0v) is 9.67. The van der Waals surface area contributed by atoms with Gasteiger partial charge in [0.2, 0.25) is 0 Å². The minimum absolute atomic E-state index is 0.283. The van der Waals surface area contributed by atoms with Crippen molar-refractivity contribution < 1.29 is 4.74 Å². The van der Waals surface area contributed by atoms with Crippen LogP contribution in [0.1, 0.15) is 26.2 Å². The van der Waals surface area contributed by atoms with Gasteiger partial charge in [0.1, 0.15) is 0 Å². The number of likely N-dealkylation sites (tertiary alicyclic amines) is 1. The van der Waals surface area contributed by atoms with E-state index >= 15 is 0 Å². The maximum atomic E-state index is 7.45. The monoisotopic (exact) mass is 213 g/mol. The van der Waals surface area contributed by atoms with Crippen molar-refractivity contribution >= 4 is 5.84 Å². The predicted molar refractivity (Wildman–Crippen MR) is 62.2 cm³/mol. The smallest absolute Gasteiger partial charge is 0.0949 e. The second kappa shape index (κ2) is 6.80. The molecule has 0 saturated carbocycles. The van der Waals surface area contributed by atoms with Crippen molar-refractivity contribution in [3.05, 3.63) is 0 Å². The number of hydrogen-bond acceptors (Lipinski definition) is 3. The van der Waals surface area contributed by atoms with Gasteiger partial charge in [0.15, 0.2) is 0 Å². The van der Waals surface area contributed by atoms with Gasteiger partial charge in [-0.25, -0.2) is 0 Å². The van der Waals surface area contributed by atoms with Crippen LogP contribution in [-0.4, -0.2) is 43.6 Å². The molecule has 1 heterocycles. The zero-order valence-electron chi connectivity index (χ0n) is 9.67. The number of nitrogens with zero attached hydrogens (tertiary/aromatic N) is 1. The van der Waals surface area contributed by atoms with E-state index in [1.165, 1.54) is 6.42 Å². The summed E-state index contributed by atoms with van der Waals surface area (Å²) in [7, 11) is 0. The number of piperidine rings is 1. The summed E-state index contributed by atoms with van der Waals surface area (Å²) >= 11 is 0. The summed E-state index contributed by atoms with van der Waals surface area (Å²) in [6.45, 7) is 6.85. The average molecular weight is 213 g/mol. The van der Waals surface area contributed by atoms with E-state index in [0.29, 0.717) is 5.84 Å². The molecule has 0 aliphatic carbocycles. The molecule has 1 unspecified atom stereocenters. The van der Waals surface area contributed by atoms with E-state index in [0.717, 1.165) is 45.7 Å². The van der Waals surface area contributed by atoms with E-state index in [2.05, 4.69) is 4.90 Å². The topological polar surface area (TPSA) is 62.3 Å². The van der Waals surface area contributed by atoms with Crippen molar-refractivity contribution in [2.45, 2.75) is 26.2 Å². The maximum Gasteiger partial charge on any atom is 0.0949 e. The minimum Gasteiger partial charge on any atom is -0.387 e. The van der Waals surface area contributed by atoms with Crippen LogP contribution >= 0.6 is 0 Å². The Morgan fingerprint density at radius 3 is 3.07 bits per heavy atom. The zero-order chi connectivity index (χ0) is 11.1. The summed E-state index contributed by atoms with van der Waals surface area (Å²) in [6.07, 6.45) is 3.33. The number of ether oxygens (including phenoxy) is 1. The molecule has 1 aliphatic heterocycles. The molecule has 0 aromatic rings. The van der Waals surface area contributed by atoms with Gasteiger partial charge in [-0.2, -0.15) is 0 Å². The Labute approximate surface area is 92.3 Å². The number of hydrogen-bond donors (Lipinski definition) is 2. The first kappa shape index (κ1) is 12.5. The Morgan fingerprint density at radius 1 is 1.60 bits per heavy atom. The predicted octanol–water partition coefficient (Wildman–Crippen LogP) is 1.06. The van der Waals surface area contributed by atoms with Gasteiger partial charge in [0.25, 0.3) is 0 Å². The molecule has 0 spiro atoms. The van der Waals surface area contributed by atoms with Gasteiger partial charge in [-0.15, -0.1) is 0 Å². The Balaban J connectivity index is 2.15. The van der Waals surface area contributed by atoms with Crippen molar-refractivity contribution in [2.75, 3.05) is 32.8 Å². The molecule has 3 N–H and O–H groups in total. The van der Waals surface area contributed by atoms with Gasteiger partial charge in [-0.3, -0.25) is 5.41 Å².